The first kappa shape index (κ1) is 15.1. The molecule has 0 amide bonds. The molecule has 5 heteroatoms. The Morgan fingerprint density at radius 2 is 2.00 bits per heavy atom. The largest absolute Gasteiger partial charge is 0.327 e. The van der Waals surface area contributed by atoms with Gasteiger partial charge in [-0.15, -0.1) is 12.4 Å². The maximum Gasteiger partial charge on any atom is 0.248 e. The van der Waals surface area contributed by atoms with Gasteiger partial charge in [0.1, 0.15) is 0 Å². The predicted molar refractivity (Wildman–Crippen MR) is 67.8 cm³/mol. The first-order valence-corrected chi connectivity index (χ1v) is 6.41. The zero-order chi connectivity index (χ0) is 11.6. The van der Waals surface area contributed by atoms with Crippen LogP contribution in [0.3, 0.4) is 0 Å². The average molecular weight is 269 g/mol. The molecule has 1 unspecified atom stereocenters. The van der Waals surface area contributed by atoms with E-state index in [1.807, 2.05) is 0 Å². The molecule has 0 spiro atoms. The van der Waals surface area contributed by atoms with Crippen molar-refractivity contribution in [1.29, 1.82) is 0 Å². The molecule has 0 aromatic heterocycles. The monoisotopic (exact) mass is 268 g/mol. The molecule has 0 bridgehead atoms. The second-order valence-electron chi connectivity index (χ2n) is 5.48. The Bertz CT molecular complexity index is 239. The number of rotatable bonds is 2. The molecule has 102 valence electrons. The first-order valence-electron chi connectivity index (χ1n) is 6.41. The van der Waals surface area contributed by atoms with Crippen LogP contribution >= 0.6 is 12.4 Å². The second-order valence-corrected chi connectivity index (χ2v) is 5.48. The van der Waals surface area contributed by atoms with Gasteiger partial charge < -0.3 is 10.6 Å². The van der Waals surface area contributed by atoms with Crippen LogP contribution in [0.4, 0.5) is 8.78 Å². The fourth-order valence-electron chi connectivity index (χ4n) is 3.05. The van der Waals surface area contributed by atoms with E-state index in [1.165, 1.54) is 0 Å². The summed E-state index contributed by atoms with van der Waals surface area (Å²) in [7, 11) is 0. The summed E-state index contributed by atoms with van der Waals surface area (Å²) in [4.78, 5) is 2.28. The molecule has 2 fully saturated rings. The lowest BCUT2D eigenvalue weighted by atomic mass is 9.86. The SMILES string of the molecule is Cl.N[C@@H]1CCCN(CC2CCCC(F)(F)C2)C1. The van der Waals surface area contributed by atoms with E-state index in [4.69, 9.17) is 5.73 Å². The molecule has 1 saturated carbocycles. The van der Waals surface area contributed by atoms with E-state index < -0.39 is 5.92 Å². The fraction of sp³-hybridized carbons (Fsp3) is 1.00. The van der Waals surface area contributed by atoms with Crippen molar-refractivity contribution >= 4 is 12.4 Å². The van der Waals surface area contributed by atoms with Crippen LogP contribution in [-0.4, -0.2) is 36.5 Å². The van der Waals surface area contributed by atoms with Gasteiger partial charge >= 0.3 is 0 Å². The minimum absolute atomic E-state index is 0. The highest BCUT2D eigenvalue weighted by Crippen LogP contribution is 2.37. The maximum atomic E-state index is 13.2. The number of likely N-dealkylation sites (tertiary alicyclic amines) is 1. The molecule has 17 heavy (non-hydrogen) atoms. The lowest BCUT2D eigenvalue weighted by molar-refractivity contribution is -0.0576. The lowest BCUT2D eigenvalue weighted by Crippen LogP contribution is -2.45. The van der Waals surface area contributed by atoms with Gasteiger partial charge in [-0.25, -0.2) is 8.78 Å². The standard InChI is InChI=1S/C12H22F2N2.ClH/c13-12(14)5-1-3-10(7-12)8-16-6-2-4-11(15)9-16;/h10-11H,1-9,15H2;1H/t10?,11-;/m1./s1. The summed E-state index contributed by atoms with van der Waals surface area (Å²) in [5.74, 6) is -2.24. The highest BCUT2D eigenvalue weighted by Gasteiger charge is 2.36. The summed E-state index contributed by atoms with van der Waals surface area (Å²) >= 11 is 0. The Balaban J connectivity index is 0.00000144. The summed E-state index contributed by atoms with van der Waals surface area (Å²) < 4.78 is 26.5. The van der Waals surface area contributed by atoms with Gasteiger partial charge in [0.2, 0.25) is 5.92 Å². The number of hydrogen-bond acceptors (Lipinski definition) is 2. The molecule has 0 aromatic carbocycles. The van der Waals surface area contributed by atoms with Crippen molar-refractivity contribution < 1.29 is 8.78 Å². The summed E-state index contributed by atoms with van der Waals surface area (Å²) in [6, 6.07) is 0.248. The molecule has 2 atom stereocenters. The normalized spacial score (nSPS) is 34.1. The van der Waals surface area contributed by atoms with Crippen molar-refractivity contribution in [2.24, 2.45) is 11.7 Å². The Labute approximate surface area is 108 Å². The lowest BCUT2D eigenvalue weighted by Gasteiger charge is -2.36. The van der Waals surface area contributed by atoms with Gasteiger partial charge in [-0.2, -0.15) is 0 Å². The third kappa shape index (κ3) is 4.68. The maximum absolute atomic E-state index is 13.2. The molecule has 0 radical (unpaired) electrons. The first-order chi connectivity index (χ1) is 7.55. The van der Waals surface area contributed by atoms with Crippen molar-refractivity contribution in [1.82, 2.24) is 4.90 Å². The van der Waals surface area contributed by atoms with Crippen LogP contribution in [0.15, 0.2) is 0 Å². The molecular weight excluding hydrogens is 246 g/mol. The third-order valence-corrected chi connectivity index (χ3v) is 3.80. The van der Waals surface area contributed by atoms with E-state index in [9.17, 15) is 8.78 Å². The molecule has 2 nitrogen and oxygen atoms in total. The second kappa shape index (κ2) is 6.30. The van der Waals surface area contributed by atoms with Crippen LogP contribution in [-0.2, 0) is 0 Å². The molecule has 2 N–H and O–H groups in total. The minimum atomic E-state index is -2.42. The van der Waals surface area contributed by atoms with Crippen molar-refractivity contribution in [2.45, 2.75) is 50.5 Å². The quantitative estimate of drug-likeness (QED) is 0.834. The van der Waals surface area contributed by atoms with Crippen LogP contribution in [0.2, 0.25) is 0 Å². The summed E-state index contributed by atoms with van der Waals surface area (Å²) in [5.41, 5.74) is 5.89. The number of piperidine rings is 1. The van der Waals surface area contributed by atoms with Gasteiger partial charge in [0.05, 0.1) is 0 Å². The number of nitrogens with zero attached hydrogens (tertiary/aromatic N) is 1. The van der Waals surface area contributed by atoms with E-state index in [0.29, 0.717) is 6.42 Å². The molecule has 2 aliphatic rings. The zero-order valence-corrected chi connectivity index (χ0v) is 11.0. The molecule has 0 aromatic rings. The smallest absolute Gasteiger partial charge is 0.248 e. The predicted octanol–water partition coefficient (Wildman–Crippen LogP) is 2.66. The summed E-state index contributed by atoms with van der Waals surface area (Å²) in [6.45, 7) is 2.75. The van der Waals surface area contributed by atoms with Crippen LogP contribution in [0.25, 0.3) is 0 Å². The third-order valence-electron chi connectivity index (χ3n) is 3.80. The molecule has 2 rings (SSSR count). The zero-order valence-electron chi connectivity index (χ0n) is 10.2. The van der Waals surface area contributed by atoms with Crippen LogP contribution in [0, 0.1) is 5.92 Å². The van der Waals surface area contributed by atoms with Crippen LogP contribution < -0.4 is 5.73 Å². The topological polar surface area (TPSA) is 29.3 Å². The van der Waals surface area contributed by atoms with Gasteiger partial charge in [-0.3, -0.25) is 0 Å². The van der Waals surface area contributed by atoms with E-state index >= 15 is 0 Å². The highest BCUT2D eigenvalue weighted by molar-refractivity contribution is 5.85. The molecule has 1 heterocycles. The van der Waals surface area contributed by atoms with Gasteiger partial charge in [0.15, 0.2) is 0 Å². The fourth-order valence-corrected chi connectivity index (χ4v) is 3.05. The number of alkyl halides is 2. The van der Waals surface area contributed by atoms with Crippen molar-refractivity contribution in [3.8, 4) is 0 Å². The van der Waals surface area contributed by atoms with Gasteiger partial charge in [-0.1, -0.05) is 0 Å². The van der Waals surface area contributed by atoms with Gasteiger partial charge in [0.25, 0.3) is 0 Å². The summed E-state index contributed by atoms with van der Waals surface area (Å²) in [5, 5.41) is 0. The molecule has 1 aliphatic heterocycles. The Morgan fingerprint density at radius 3 is 2.65 bits per heavy atom. The van der Waals surface area contributed by atoms with E-state index in [1.54, 1.807) is 0 Å². The minimum Gasteiger partial charge on any atom is -0.327 e. The van der Waals surface area contributed by atoms with Gasteiger partial charge in [0, 0.05) is 32.0 Å². The molecular formula is C12H23ClF2N2. The average Bonchev–Trinajstić information content (AvgIpc) is 2.15. The number of hydrogen-bond donors (Lipinski definition) is 1. The Hall–Kier alpha value is 0.0700. The van der Waals surface area contributed by atoms with Crippen LogP contribution in [0.5, 0.6) is 0 Å². The van der Waals surface area contributed by atoms with E-state index in [0.717, 1.165) is 38.9 Å². The Morgan fingerprint density at radius 1 is 1.24 bits per heavy atom. The molecule has 1 saturated heterocycles. The van der Waals surface area contributed by atoms with Crippen LogP contribution in [0.1, 0.15) is 38.5 Å². The van der Waals surface area contributed by atoms with Crippen molar-refractivity contribution in [3.63, 3.8) is 0 Å². The van der Waals surface area contributed by atoms with Gasteiger partial charge in [-0.05, 0) is 38.1 Å². The van der Waals surface area contributed by atoms with E-state index in [2.05, 4.69) is 4.90 Å². The van der Waals surface area contributed by atoms with Crippen molar-refractivity contribution in [3.05, 3.63) is 0 Å². The highest BCUT2D eigenvalue weighted by atomic mass is 35.5. The van der Waals surface area contributed by atoms with E-state index in [-0.39, 0.29) is 37.2 Å². The molecule has 1 aliphatic carbocycles. The summed E-state index contributed by atoms with van der Waals surface area (Å²) in [6.07, 6.45) is 4.00. The Kier molecular flexibility index (Phi) is 5.61. The number of halogens is 3. The number of nitrogens with two attached hydrogens (primary N) is 1. The van der Waals surface area contributed by atoms with Crippen molar-refractivity contribution in [2.75, 3.05) is 19.6 Å².